The van der Waals surface area contributed by atoms with Gasteiger partial charge in [0.2, 0.25) is 0 Å². The van der Waals surface area contributed by atoms with Crippen LogP contribution in [0.2, 0.25) is 0 Å². The smallest absolute Gasteiger partial charge is 0.255 e. The van der Waals surface area contributed by atoms with Gasteiger partial charge in [0.05, 0.1) is 12.5 Å². The first-order valence-electron chi connectivity index (χ1n) is 7.27. The minimum atomic E-state index is -0.155. The Morgan fingerprint density at radius 2 is 1.65 bits per heavy atom. The van der Waals surface area contributed by atoms with Crippen LogP contribution in [0.5, 0.6) is 0 Å². The van der Waals surface area contributed by atoms with E-state index in [0.29, 0.717) is 17.7 Å². The van der Waals surface area contributed by atoms with Gasteiger partial charge in [-0.3, -0.25) is 4.79 Å². The van der Waals surface area contributed by atoms with E-state index in [1.165, 1.54) is 0 Å². The molecule has 0 aliphatic heterocycles. The Bertz CT molecular complexity index is 826. The summed E-state index contributed by atoms with van der Waals surface area (Å²) in [6.07, 6.45) is 4.28. The molecule has 23 heavy (non-hydrogen) atoms. The number of nitrogens with one attached hydrogen (secondary N) is 1. The summed E-state index contributed by atoms with van der Waals surface area (Å²) in [5.41, 5.74) is 3.25. The molecule has 0 atom stereocenters. The number of nitrogens with zero attached hydrogens (tertiary/aromatic N) is 2. The topological polar surface area (TPSA) is 57.8 Å². The SMILES string of the molecule is N#CCc1ccc(NC(=O)c2ccc(-n3cccc3)cc2)cc1. The van der Waals surface area contributed by atoms with Crippen molar-refractivity contribution in [2.75, 3.05) is 5.32 Å². The Morgan fingerprint density at radius 1 is 1.00 bits per heavy atom. The van der Waals surface area contributed by atoms with Crippen LogP contribution in [0.1, 0.15) is 15.9 Å². The van der Waals surface area contributed by atoms with E-state index in [1.807, 2.05) is 53.4 Å². The third-order valence-electron chi connectivity index (χ3n) is 3.53. The lowest BCUT2D eigenvalue weighted by atomic mass is 10.1. The number of hydrogen-bond acceptors (Lipinski definition) is 2. The van der Waals surface area contributed by atoms with Crippen molar-refractivity contribution in [1.29, 1.82) is 5.26 Å². The van der Waals surface area contributed by atoms with Crippen LogP contribution in [-0.2, 0) is 6.42 Å². The van der Waals surface area contributed by atoms with E-state index in [4.69, 9.17) is 5.26 Å². The summed E-state index contributed by atoms with van der Waals surface area (Å²) in [7, 11) is 0. The lowest BCUT2D eigenvalue weighted by Gasteiger charge is -2.07. The third kappa shape index (κ3) is 3.47. The minimum absolute atomic E-state index is 0.155. The molecule has 0 aliphatic rings. The molecule has 0 aliphatic carbocycles. The zero-order valence-corrected chi connectivity index (χ0v) is 12.4. The zero-order chi connectivity index (χ0) is 16.1. The van der Waals surface area contributed by atoms with Crippen LogP contribution in [0.25, 0.3) is 5.69 Å². The van der Waals surface area contributed by atoms with Gasteiger partial charge in [-0.15, -0.1) is 0 Å². The predicted molar refractivity (Wildman–Crippen MR) is 89.5 cm³/mol. The van der Waals surface area contributed by atoms with Crippen LogP contribution < -0.4 is 5.32 Å². The second-order valence-electron chi connectivity index (χ2n) is 5.12. The standard InChI is InChI=1S/C19H15N3O/c20-12-11-15-3-7-17(8-4-15)21-19(23)16-5-9-18(10-6-16)22-13-1-2-14-22/h1-10,13-14H,11H2,(H,21,23). The van der Waals surface area contributed by atoms with Gasteiger partial charge in [-0.05, 0) is 54.1 Å². The van der Waals surface area contributed by atoms with E-state index in [1.54, 1.807) is 24.3 Å². The number of rotatable bonds is 4. The highest BCUT2D eigenvalue weighted by Gasteiger charge is 2.06. The van der Waals surface area contributed by atoms with E-state index < -0.39 is 0 Å². The summed E-state index contributed by atoms with van der Waals surface area (Å²) in [5, 5.41) is 11.5. The summed E-state index contributed by atoms with van der Waals surface area (Å²) in [6, 6.07) is 20.7. The molecular formula is C19H15N3O. The van der Waals surface area contributed by atoms with Crippen molar-refractivity contribution in [3.8, 4) is 11.8 Å². The zero-order valence-electron chi connectivity index (χ0n) is 12.4. The minimum Gasteiger partial charge on any atom is -0.324 e. The van der Waals surface area contributed by atoms with E-state index in [-0.39, 0.29) is 5.91 Å². The fraction of sp³-hybridized carbons (Fsp3) is 0.0526. The first-order chi connectivity index (χ1) is 11.3. The second kappa shape index (κ2) is 6.63. The molecule has 3 aromatic rings. The molecule has 1 aromatic heterocycles. The highest BCUT2D eigenvalue weighted by Crippen LogP contribution is 2.14. The molecule has 1 amide bonds. The van der Waals surface area contributed by atoms with Crippen molar-refractivity contribution in [3.05, 3.63) is 84.2 Å². The maximum absolute atomic E-state index is 12.3. The molecule has 0 unspecified atom stereocenters. The normalized spacial score (nSPS) is 10.0. The fourth-order valence-corrected chi connectivity index (χ4v) is 2.29. The van der Waals surface area contributed by atoms with Gasteiger partial charge in [0.25, 0.3) is 5.91 Å². The average molecular weight is 301 g/mol. The molecule has 0 bridgehead atoms. The van der Waals surface area contributed by atoms with Crippen LogP contribution >= 0.6 is 0 Å². The van der Waals surface area contributed by atoms with Crippen LogP contribution in [-0.4, -0.2) is 10.5 Å². The highest BCUT2D eigenvalue weighted by atomic mass is 16.1. The number of carbonyl (C=O) groups is 1. The Labute approximate surface area is 134 Å². The molecule has 1 N–H and O–H groups in total. The van der Waals surface area contributed by atoms with Gasteiger partial charge in [-0.1, -0.05) is 12.1 Å². The van der Waals surface area contributed by atoms with Gasteiger partial charge in [0, 0.05) is 29.3 Å². The molecule has 0 saturated heterocycles. The lowest BCUT2D eigenvalue weighted by Crippen LogP contribution is -2.11. The molecule has 4 nitrogen and oxygen atoms in total. The molecule has 1 heterocycles. The summed E-state index contributed by atoms with van der Waals surface area (Å²) in [6.45, 7) is 0. The van der Waals surface area contributed by atoms with Crippen LogP contribution in [0, 0.1) is 11.3 Å². The number of nitriles is 1. The van der Waals surface area contributed by atoms with Crippen molar-refractivity contribution >= 4 is 11.6 Å². The average Bonchev–Trinajstić information content (AvgIpc) is 3.11. The molecule has 3 rings (SSSR count). The highest BCUT2D eigenvalue weighted by molar-refractivity contribution is 6.04. The molecule has 0 radical (unpaired) electrons. The number of aromatic nitrogens is 1. The lowest BCUT2D eigenvalue weighted by molar-refractivity contribution is 0.102. The second-order valence-corrected chi connectivity index (χ2v) is 5.12. The van der Waals surface area contributed by atoms with Gasteiger partial charge >= 0.3 is 0 Å². The van der Waals surface area contributed by atoms with Crippen molar-refractivity contribution < 1.29 is 4.79 Å². The van der Waals surface area contributed by atoms with E-state index >= 15 is 0 Å². The monoisotopic (exact) mass is 301 g/mol. The fourth-order valence-electron chi connectivity index (χ4n) is 2.29. The van der Waals surface area contributed by atoms with Crippen LogP contribution in [0.4, 0.5) is 5.69 Å². The van der Waals surface area contributed by atoms with Gasteiger partial charge in [0.1, 0.15) is 0 Å². The van der Waals surface area contributed by atoms with Gasteiger partial charge < -0.3 is 9.88 Å². The molecular weight excluding hydrogens is 286 g/mol. The molecule has 0 saturated carbocycles. The number of carbonyl (C=O) groups excluding carboxylic acids is 1. The predicted octanol–water partition coefficient (Wildman–Crippen LogP) is 3.80. The van der Waals surface area contributed by atoms with Gasteiger partial charge in [0.15, 0.2) is 0 Å². The Kier molecular flexibility index (Phi) is 4.21. The number of hydrogen-bond donors (Lipinski definition) is 1. The Balaban J connectivity index is 1.69. The van der Waals surface area contributed by atoms with Crippen LogP contribution in [0.15, 0.2) is 73.1 Å². The third-order valence-corrected chi connectivity index (χ3v) is 3.53. The Hall–Kier alpha value is -3.32. The molecule has 2 aromatic carbocycles. The summed E-state index contributed by atoms with van der Waals surface area (Å²) in [5.74, 6) is -0.155. The van der Waals surface area contributed by atoms with Gasteiger partial charge in [-0.2, -0.15) is 5.26 Å². The Morgan fingerprint density at radius 3 is 2.26 bits per heavy atom. The van der Waals surface area contributed by atoms with Crippen molar-refractivity contribution in [2.45, 2.75) is 6.42 Å². The number of anilines is 1. The van der Waals surface area contributed by atoms with Crippen molar-refractivity contribution in [2.24, 2.45) is 0 Å². The first kappa shape index (κ1) is 14.6. The largest absolute Gasteiger partial charge is 0.324 e. The number of amides is 1. The molecule has 4 heteroatoms. The summed E-state index contributed by atoms with van der Waals surface area (Å²) in [4.78, 5) is 12.3. The quantitative estimate of drug-likeness (QED) is 0.797. The molecule has 0 fully saturated rings. The summed E-state index contributed by atoms with van der Waals surface area (Å²) >= 11 is 0. The maximum Gasteiger partial charge on any atom is 0.255 e. The van der Waals surface area contributed by atoms with Crippen molar-refractivity contribution in [1.82, 2.24) is 4.57 Å². The summed E-state index contributed by atoms with van der Waals surface area (Å²) < 4.78 is 1.98. The van der Waals surface area contributed by atoms with Gasteiger partial charge in [-0.25, -0.2) is 0 Å². The first-order valence-corrected chi connectivity index (χ1v) is 7.27. The van der Waals surface area contributed by atoms with Crippen LogP contribution in [0.3, 0.4) is 0 Å². The van der Waals surface area contributed by atoms with E-state index in [2.05, 4.69) is 11.4 Å². The van der Waals surface area contributed by atoms with Crippen molar-refractivity contribution in [3.63, 3.8) is 0 Å². The van der Waals surface area contributed by atoms with E-state index in [0.717, 1.165) is 11.3 Å². The molecule has 112 valence electrons. The number of benzene rings is 2. The maximum atomic E-state index is 12.3. The van der Waals surface area contributed by atoms with E-state index in [9.17, 15) is 4.79 Å². The molecule has 0 spiro atoms.